The largest absolute Gasteiger partial charge is 0.338 e. The molecule has 0 aliphatic carbocycles. The number of anilines is 2. The fourth-order valence-corrected chi connectivity index (χ4v) is 2.74. The van der Waals surface area contributed by atoms with E-state index < -0.39 is 6.04 Å². The number of nitrogens with zero attached hydrogens (tertiary/aromatic N) is 2. The molecule has 1 aliphatic heterocycles. The Bertz CT molecular complexity index is 746. The van der Waals surface area contributed by atoms with Gasteiger partial charge in [0.15, 0.2) is 0 Å². The molecule has 6 nitrogen and oxygen atoms in total. The summed E-state index contributed by atoms with van der Waals surface area (Å²) in [5.74, 6) is -0.00658. The average Bonchev–Trinajstić information content (AvgIpc) is 3.14. The molecule has 0 radical (unpaired) electrons. The van der Waals surface area contributed by atoms with Crippen molar-refractivity contribution in [3.05, 3.63) is 42.1 Å². The van der Waals surface area contributed by atoms with E-state index in [0.29, 0.717) is 18.7 Å². The number of rotatable bonds is 3. The maximum Gasteiger partial charge on any atom is 0.249 e. The van der Waals surface area contributed by atoms with Crippen LogP contribution in [0.25, 0.3) is 0 Å². The first-order valence-electron chi connectivity index (χ1n) is 8.01. The Morgan fingerprint density at radius 1 is 1.29 bits per heavy atom. The summed E-state index contributed by atoms with van der Waals surface area (Å²) in [4.78, 5) is 26.3. The van der Waals surface area contributed by atoms with Gasteiger partial charge in [0.25, 0.3) is 0 Å². The first-order valence-corrected chi connectivity index (χ1v) is 8.01. The van der Waals surface area contributed by atoms with Gasteiger partial charge in [-0.25, -0.2) is 0 Å². The molecule has 126 valence electrons. The van der Waals surface area contributed by atoms with Crippen LogP contribution in [0.4, 0.5) is 11.6 Å². The summed E-state index contributed by atoms with van der Waals surface area (Å²) in [6.07, 6.45) is 0.844. The van der Waals surface area contributed by atoms with Gasteiger partial charge in [-0.15, -0.1) is 0 Å². The van der Waals surface area contributed by atoms with E-state index in [0.717, 1.165) is 11.4 Å². The zero-order valence-electron chi connectivity index (χ0n) is 14.1. The molecule has 0 bridgehead atoms. The summed E-state index contributed by atoms with van der Waals surface area (Å²) in [7, 11) is 0. The Balaban J connectivity index is 1.77. The number of aromatic nitrogens is 1. The third-order valence-corrected chi connectivity index (χ3v) is 4.07. The number of amides is 2. The standard InChI is InChI=1S/C18H21N3O3/c1-18(2,3)14-11-15(24-20-14)19-17(23)13-9-10-16(22)21(13)12-7-5-4-6-8-12/h4-8,11,13H,9-10H2,1-3H3,(H,19,23)/t13-/m0/s1. The van der Waals surface area contributed by atoms with Gasteiger partial charge in [0, 0.05) is 23.6 Å². The minimum atomic E-state index is -0.539. The molecule has 0 unspecified atom stereocenters. The fourth-order valence-electron chi connectivity index (χ4n) is 2.74. The number of hydrogen-bond acceptors (Lipinski definition) is 4. The molecule has 2 aromatic rings. The van der Waals surface area contributed by atoms with Crippen LogP contribution in [0.3, 0.4) is 0 Å². The molecule has 1 aromatic heterocycles. The molecule has 1 aromatic carbocycles. The van der Waals surface area contributed by atoms with Gasteiger partial charge in [0.1, 0.15) is 6.04 Å². The SMILES string of the molecule is CC(C)(C)c1cc(NC(=O)[C@@H]2CCC(=O)N2c2ccccc2)on1. The van der Waals surface area contributed by atoms with Crippen molar-refractivity contribution in [2.24, 2.45) is 0 Å². The van der Waals surface area contributed by atoms with Gasteiger partial charge in [0.05, 0.1) is 5.69 Å². The Morgan fingerprint density at radius 2 is 2.00 bits per heavy atom. The summed E-state index contributed by atoms with van der Waals surface area (Å²) in [6.45, 7) is 6.05. The molecule has 0 saturated carbocycles. The lowest BCUT2D eigenvalue weighted by molar-refractivity contribution is -0.120. The van der Waals surface area contributed by atoms with Crippen molar-refractivity contribution in [1.82, 2.24) is 5.16 Å². The maximum atomic E-state index is 12.6. The third kappa shape index (κ3) is 3.18. The van der Waals surface area contributed by atoms with Crippen molar-refractivity contribution < 1.29 is 14.1 Å². The Labute approximate surface area is 140 Å². The van der Waals surface area contributed by atoms with Crippen molar-refractivity contribution in [2.75, 3.05) is 10.2 Å². The predicted octanol–water partition coefficient (Wildman–Crippen LogP) is 3.11. The van der Waals surface area contributed by atoms with Gasteiger partial charge < -0.3 is 4.52 Å². The van der Waals surface area contributed by atoms with Gasteiger partial charge in [-0.2, -0.15) is 0 Å². The highest BCUT2D eigenvalue weighted by atomic mass is 16.5. The van der Waals surface area contributed by atoms with E-state index in [9.17, 15) is 9.59 Å². The maximum absolute atomic E-state index is 12.6. The quantitative estimate of drug-likeness (QED) is 0.940. The van der Waals surface area contributed by atoms with Crippen molar-refractivity contribution >= 4 is 23.4 Å². The highest BCUT2D eigenvalue weighted by Crippen LogP contribution is 2.28. The molecule has 1 saturated heterocycles. The molecule has 6 heteroatoms. The summed E-state index contributed by atoms with van der Waals surface area (Å²) < 4.78 is 5.20. The van der Waals surface area contributed by atoms with Crippen LogP contribution in [-0.4, -0.2) is 23.0 Å². The zero-order valence-corrected chi connectivity index (χ0v) is 14.1. The predicted molar refractivity (Wildman–Crippen MR) is 90.8 cm³/mol. The van der Waals surface area contributed by atoms with Crippen molar-refractivity contribution in [2.45, 2.75) is 45.1 Å². The van der Waals surface area contributed by atoms with Crippen LogP contribution in [0, 0.1) is 0 Å². The lowest BCUT2D eigenvalue weighted by Gasteiger charge is -2.23. The molecule has 1 atom stereocenters. The highest BCUT2D eigenvalue weighted by Gasteiger charge is 2.37. The van der Waals surface area contributed by atoms with Gasteiger partial charge in [-0.3, -0.25) is 19.8 Å². The molecule has 1 fully saturated rings. The molecule has 2 heterocycles. The van der Waals surface area contributed by atoms with Crippen molar-refractivity contribution in [3.8, 4) is 0 Å². The lowest BCUT2D eigenvalue weighted by atomic mass is 9.92. The number of benzene rings is 1. The Hall–Kier alpha value is -2.63. The second-order valence-corrected chi connectivity index (χ2v) is 6.97. The van der Waals surface area contributed by atoms with E-state index in [1.165, 1.54) is 0 Å². The van der Waals surface area contributed by atoms with Gasteiger partial charge in [-0.05, 0) is 18.6 Å². The van der Waals surface area contributed by atoms with E-state index in [2.05, 4.69) is 10.5 Å². The molecule has 3 rings (SSSR count). The minimum absolute atomic E-state index is 0.0469. The molecule has 24 heavy (non-hydrogen) atoms. The van der Waals surface area contributed by atoms with Crippen LogP contribution >= 0.6 is 0 Å². The Morgan fingerprint density at radius 3 is 2.62 bits per heavy atom. The van der Waals surface area contributed by atoms with Crippen LogP contribution in [0.2, 0.25) is 0 Å². The van der Waals surface area contributed by atoms with E-state index in [1.807, 2.05) is 51.1 Å². The molecular weight excluding hydrogens is 306 g/mol. The third-order valence-electron chi connectivity index (χ3n) is 4.07. The summed E-state index contributed by atoms with van der Waals surface area (Å²) in [5.41, 5.74) is 1.33. The summed E-state index contributed by atoms with van der Waals surface area (Å²) in [6, 6.07) is 10.4. The fraction of sp³-hybridized carbons (Fsp3) is 0.389. The normalized spacial score (nSPS) is 18.0. The molecule has 2 amide bonds. The second kappa shape index (κ2) is 6.11. The van der Waals surface area contributed by atoms with E-state index in [4.69, 9.17) is 4.52 Å². The van der Waals surface area contributed by atoms with Crippen LogP contribution in [-0.2, 0) is 15.0 Å². The second-order valence-electron chi connectivity index (χ2n) is 6.97. The summed E-state index contributed by atoms with van der Waals surface area (Å²) in [5, 5.41) is 6.72. The highest BCUT2D eigenvalue weighted by molar-refractivity contribution is 6.07. The molecule has 1 N–H and O–H groups in total. The molecule has 1 aliphatic rings. The smallest absolute Gasteiger partial charge is 0.249 e. The number of para-hydroxylation sites is 1. The lowest BCUT2D eigenvalue weighted by Crippen LogP contribution is -2.41. The van der Waals surface area contributed by atoms with Gasteiger partial charge in [0.2, 0.25) is 17.7 Å². The van der Waals surface area contributed by atoms with E-state index >= 15 is 0 Å². The zero-order chi connectivity index (χ0) is 17.3. The first-order chi connectivity index (χ1) is 11.4. The summed E-state index contributed by atoms with van der Waals surface area (Å²) >= 11 is 0. The van der Waals surface area contributed by atoms with Crippen molar-refractivity contribution in [3.63, 3.8) is 0 Å². The topological polar surface area (TPSA) is 75.4 Å². The minimum Gasteiger partial charge on any atom is -0.338 e. The van der Waals surface area contributed by atoms with E-state index in [-0.39, 0.29) is 17.2 Å². The number of hydrogen-bond donors (Lipinski definition) is 1. The Kier molecular flexibility index (Phi) is 4.13. The number of carbonyl (C=O) groups excluding carboxylic acids is 2. The monoisotopic (exact) mass is 327 g/mol. The van der Waals surface area contributed by atoms with Crippen molar-refractivity contribution in [1.29, 1.82) is 0 Å². The number of nitrogens with one attached hydrogen (secondary N) is 1. The average molecular weight is 327 g/mol. The first kappa shape index (κ1) is 16.2. The van der Waals surface area contributed by atoms with Crippen LogP contribution in [0.5, 0.6) is 0 Å². The van der Waals surface area contributed by atoms with E-state index in [1.54, 1.807) is 11.0 Å². The van der Waals surface area contributed by atoms with Gasteiger partial charge in [-0.1, -0.05) is 44.1 Å². The van der Waals surface area contributed by atoms with Crippen LogP contribution < -0.4 is 10.2 Å². The number of carbonyl (C=O) groups is 2. The van der Waals surface area contributed by atoms with Crippen LogP contribution in [0.1, 0.15) is 39.3 Å². The van der Waals surface area contributed by atoms with Gasteiger partial charge >= 0.3 is 0 Å². The molecular formula is C18H21N3O3. The van der Waals surface area contributed by atoms with Crippen LogP contribution in [0.15, 0.2) is 40.9 Å². The molecule has 0 spiro atoms.